The van der Waals surface area contributed by atoms with Gasteiger partial charge in [-0.25, -0.2) is 0 Å². The largest absolute Gasteiger partial charge is 0.457 e. The Labute approximate surface area is 221 Å². The lowest BCUT2D eigenvalue weighted by atomic mass is 9.87. The van der Waals surface area contributed by atoms with E-state index in [1.54, 1.807) is 23.5 Å². The van der Waals surface area contributed by atoms with Crippen molar-refractivity contribution in [1.29, 1.82) is 0 Å². The summed E-state index contributed by atoms with van der Waals surface area (Å²) in [5, 5.41) is 2.32. The fraction of sp³-hybridized carbons (Fsp3) is 0.258. The monoisotopic (exact) mass is 533 g/mol. The lowest BCUT2D eigenvalue weighted by molar-refractivity contribution is -0.211. The number of pyridine rings is 1. The Bertz CT molecular complexity index is 1800. The third kappa shape index (κ3) is 4.00. The van der Waals surface area contributed by atoms with E-state index in [4.69, 9.17) is 13.8 Å². The Kier molecular flexibility index (Phi) is 5.51. The van der Waals surface area contributed by atoms with Crippen molar-refractivity contribution in [1.82, 2.24) is 4.98 Å². The zero-order valence-electron chi connectivity index (χ0n) is 21.7. The number of aromatic nitrogens is 1. The molecule has 6 rings (SSSR count). The average molecular weight is 534 g/mol. The molecule has 194 valence electrons. The first-order valence-electron chi connectivity index (χ1n) is 12.4. The summed E-state index contributed by atoms with van der Waals surface area (Å²) in [6.07, 6.45) is -2.71. The fourth-order valence-electron chi connectivity index (χ4n) is 5.13. The van der Waals surface area contributed by atoms with Gasteiger partial charge in [0.2, 0.25) is 0 Å². The molecule has 4 heterocycles. The van der Waals surface area contributed by atoms with Gasteiger partial charge in [0.1, 0.15) is 11.5 Å². The van der Waals surface area contributed by atoms with E-state index in [0.717, 1.165) is 42.6 Å². The summed E-state index contributed by atoms with van der Waals surface area (Å²) in [6.45, 7) is 8.61. The maximum Gasteiger partial charge on any atom is 0.394 e. The van der Waals surface area contributed by atoms with Crippen LogP contribution in [0.25, 0.3) is 53.9 Å². The van der Waals surface area contributed by atoms with Crippen molar-refractivity contribution in [2.75, 3.05) is 0 Å². The third-order valence-electron chi connectivity index (χ3n) is 7.21. The van der Waals surface area contributed by atoms with Crippen LogP contribution in [0, 0.1) is 26.2 Å². The number of thiophene rings is 1. The lowest BCUT2D eigenvalue weighted by Gasteiger charge is -2.26. The number of hydrogen-bond acceptors (Lipinski definition) is 4. The van der Waals surface area contributed by atoms with Gasteiger partial charge in [0, 0.05) is 51.3 Å². The number of hydrogen-bond donors (Lipinski definition) is 0. The van der Waals surface area contributed by atoms with E-state index in [1.165, 1.54) is 25.0 Å². The van der Waals surface area contributed by atoms with E-state index in [-0.39, 0.29) is 12.2 Å². The first kappa shape index (κ1) is 24.7. The highest BCUT2D eigenvalue weighted by Crippen LogP contribution is 2.44. The van der Waals surface area contributed by atoms with Crippen molar-refractivity contribution < 1.29 is 22.0 Å². The smallest absolute Gasteiger partial charge is 0.394 e. The van der Waals surface area contributed by atoms with Crippen LogP contribution in [0.4, 0.5) is 13.2 Å². The van der Waals surface area contributed by atoms with Crippen molar-refractivity contribution in [2.45, 2.75) is 47.2 Å². The van der Waals surface area contributed by atoms with Gasteiger partial charge in [0.25, 0.3) is 0 Å². The molecular formula is C31H26F3NO2S. The minimum atomic E-state index is -4.32. The van der Waals surface area contributed by atoms with Gasteiger partial charge in [0.05, 0.1) is 15.8 Å². The molecule has 0 aliphatic rings. The number of halogens is 3. The molecule has 0 bridgehead atoms. The van der Waals surface area contributed by atoms with Crippen LogP contribution in [-0.4, -0.2) is 11.2 Å². The highest BCUT2D eigenvalue weighted by atomic mass is 32.1. The molecule has 0 N–H and O–H groups in total. The topological polar surface area (TPSA) is 39.2 Å². The van der Waals surface area contributed by atoms with E-state index in [9.17, 15) is 13.2 Å². The van der Waals surface area contributed by atoms with Gasteiger partial charge in [-0.05, 0) is 44.5 Å². The van der Waals surface area contributed by atoms with Gasteiger partial charge in [-0.1, -0.05) is 43.2 Å². The van der Waals surface area contributed by atoms with Gasteiger partial charge in [-0.2, -0.15) is 13.2 Å². The summed E-state index contributed by atoms with van der Waals surface area (Å²) in [7, 11) is 0. The first-order chi connectivity index (χ1) is 17.9. The van der Waals surface area contributed by atoms with Crippen molar-refractivity contribution in [2.24, 2.45) is 5.41 Å². The molecule has 0 aliphatic carbocycles. The molecule has 6 aromatic rings. The maximum absolute atomic E-state index is 13.3. The zero-order valence-corrected chi connectivity index (χ0v) is 22.5. The second-order valence-electron chi connectivity index (χ2n) is 10.7. The van der Waals surface area contributed by atoms with Crippen molar-refractivity contribution >= 4 is 42.7 Å². The predicted octanol–water partition coefficient (Wildman–Crippen LogP) is 10.2. The fourth-order valence-corrected chi connectivity index (χ4v) is 6.44. The SMILES string of the molecule is Cc1cc(C)cc(-c2nccc3c2sc2c(C)c(-c4cc5oc(CC(C)(C)C(F)(F)F)cc5o4)ccc23)c1. The number of alkyl halides is 3. The van der Waals surface area contributed by atoms with Crippen LogP contribution in [0.3, 0.4) is 0 Å². The number of aryl methyl sites for hydroxylation is 3. The molecular weight excluding hydrogens is 507 g/mol. The Morgan fingerprint density at radius 1 is 0.816 bits per heavy atom. The number of nitrogens with zero attached hydrogens (tertiary/aromatic N) is 1. The van der Waals surface area contributed by atoms with Crippen LogP contribution in [0.15, 0.2) is 63.6 Å². The molecule has 4 aromatic heterocycles. The highest BCUT2D eigenvalue weighted by molar-refractivity contribution is 7.26. The number of furan rings is 2. The van der Waals surface area contributed by atoms with E-state index < -0.39 is 11.6 Å². The van der Waals surface area contributed by atoms with Gasteiger partial charge in [0.15, 0.2) is 11.2 Å². The lowest BCUT2D eigenvalue weighted by Crippen LogP contribution is -2.33. The van der Waals surface area contributed by atoms with Crippen LogP contribution in [0.1, 0.15) is 36.3 Å². The zero-order chi connectivity index (χ0) is 27.0. The molecule has 2 aromatic carbocycles. The van der Waals surface area contributed by atoms with Crippen LogP contribution in [-0.2, 0) is 6.42 Å². The molecule has 0 radical (unpaired) electrons. The van der Waals surface area contributed by atoms with Crippen LogP contribution < -0.4 is 0 Å². The number of benzene rings is 2. The average Bonchev–Trinajstić information content (AvgIpc) is 3.49. The predicted molar refractivity (Wildman–Crippen MR) is 148 cm³/mol. The molecule has 0 amide bonds. The highest BCUT2D eigenvalue weighted by Gasteiger charge is 2.47. The quantitative estimate of drug-likeness (QED) is 0.226. The van der Waals surface area contributed by atoms with Gasteiger partial charge >= 0.3 is 6.18 Å². The van der Waals surface area contributed by atoms with E-state index in [2.05, 4.69) is 51.1 Å². The summed E-state index contributed by atoms with van der Waals surface area (Å²) in [5.41, 5.74) is 5.48. The summed E-state index contributed by atoms with van der Waals surface area (Å²) >= 11 is 1.72. The van der Waals surface area contributed by atoms with Gasteiger partial charge in [-0.15, -0.1) is 11.3 Å². The minimum absolute atomic E-state index is 0.250. The van der Waals surface area contributed by atoms with Gasteiger partial charge in [-0.3, -0.25) is 4.98 Å². The second-order valence-corrected chi connectivity index (χ2v) is 11.8. The number of fused-ring (bicyclic) bond motifs is 4. The minimum Gasteiger partial charge on any atom is -0.457 e. The molecule has 0 fully saturated rings. The molecule has 0 aliphatic heterocycles. The van der Waals surface area contributed by atoms with Gasteiger partial charge < -0.3 is 8.83 Å². The summed E-state index contributed by atoms with van der Waals surface area (Å²) < 4.78 is 54.1. The van der Waals surface area contributed by atoms with Crippen LogP contribution >= 0.6 is 11.3 Å². The van der Waals surface area contributed by atoms with Crippen molar-refractivity contribution in [3.8, 4) is 22.6 Å². The molecule has 0 atom stereocenters. The molecule has 0 saturated carbocycles. The molecule has 38 heavy (non-hydrogen) atoms. The first-order valence-corrected chi connectivity index (χ1v) is 13.2. The molecule has 3 nitrogen and oxygen atoms in total. The third-order valence-corrected chi connectivity index (χ3v) is 8.55. The van der Waals surface area contributed by atoms with E-state index in [1.807, 2.05) is 12.3 Å². The standard InChI is InChI=1S/C31H26F3NO2S/c1-16-10-17(2)12-19(11-16)27-29-23(8-9-35-27)22-7-6-21(18(3)28(22)38-29)24-14-26-25(37-24)13-20(36-26)15-30(4,5)31(32,33)34/h6-14H,15H2,1-5H3. The Morgan fingerprint density at radius 3 is 2.18 bits per heavy atom. The maximum atomic E-state index is 13.3. The molecule has 0 unspecified atom stereocenters. The molecule has 0 spiro atoms. The molecule has 0 saturated heterocycles. The Balaban J connectivity index is 1.42. The summed E-state index contributed by atoms with van der Waals surface area (Å²) in [5.74, 6) is 0.889. The second kappa shape index (κ2) is 8.46. The van der Waals surface area contributed by atoms with Crippen molar-refractivity contribution in [3.63, 3.8) is 0 Å². The summed E-state index contributed by atoms with van der Waals surface area (Å²) in [6, 6.07) is 16.0. The van der Waals surface area contributed by atoms with E-state index in [0.29, 0.717) is 16.9 Å². The van der Waals surface area contributed by atoms with Crippen molar-refractivity contribution in [3.05, 3.63) is 77.2 Å². The Morgan fingerprint density at radius 2 is 1.50 bits per heavy atom. The number of rotatable bonds is 4. The van der Waals surface area contributed by atoms with Crippen LogP contribution in [0.5, 0.6) is 0 Å². The molecule has 7 heteroatoms. The van der Waals surface area contributed by atoms with Crippen LogP contribution in [0.2, 0.25) is 0 Å². The Hall–Kier alpha value is -3.58. The normalized spacial score (nSPS) is 12.8. The summed E-state index contributed by atoms with van der Waals surface area (Å²) in [4.78, 5) is 4.74. The van der Waals surface area contributed by atoms with E-state index >= 15 is 0 Å².